The molecule has 0 aliphatic rings. The Bertz CT molecular complexity index is 502. The number of nitrogens with one attached hydrogen (secondary N) is 1. The van der Waals surface area contributed by atoms with Gasteiger partial charge in [-0.3, -0.25) is 0 Å². The molecule has 96 valence electrons. The first-order valence-electron chi connectivity index (χ1n) is 5.81. The Morgan fingerprint density at radius 2 is 2.33 bits per heavy atom. The minimum absolute atomic E-state index is 0.118. The van der Waals surface area contributed by atoms with Gasteiger partial charge in [0.25, 0.3) is 0 Å². The van der Waals surface area contributed by atoms with Gasteiger partial charge in [-0.15, -0.1) is 11.3 Å². The molecule has 2 N–H and O–H groups in total. The number of nitrogens with zero attached hydrogens (tertiary/aromatic N) is 1. The van der Waals surface area contributed by atoms with E-state index in [0.29, 0.717) is 11.6 Å². The molecule has 18 heavy (non-hydrogen) atoms. The third kappa shape index (κ3) is 3.22. The van der Waals surface area contributed by atoms with E-state index in [9.17, 15) is 5.11 Å². The number of aromatic nitrogens is 1. The minimum atomic E-state index is 0.118. The Kier molecular flexibility index (Phi) is 4.58. The van der Waals surface area contributed by atoms with E-state index in [1.54, 1.807) is 23.5 Å². The first-order chi connectivity index (χ1) is 8.70. The molecule has 1 unspecified atom stereocenters. The van der Waals surface area contributed by atoms with E-state index in [1.807, 2.05) is 17.6 Å². The topological polar surface area (TPSA) is 45.1 Å². The summed E-state index contributed by atoms with van der Waals surface area (Å²) in [7, 11) is 0. The van der Waals surface area contributed by atoms with Crippen LogP contribution in [0.1, 0.15) is 30.0 Å². The second-order valence-corrected chi connectivity index (χ2v) is 5.33. The van der Waals surface area contributed by atoms with Crippen LogP contribution < -0.4 is 5.32 Å². The smallest absolute Gasteiger partial charge is 0.134 e. The molecule has 0 aliphatic carbocycles. The van der Waals surface area contributed by atoms with Crippen molar-refractivity contribution in [2.24, 2.45) is 0 Å². The maximum atomic E-state index is 9.36. The predicted octanol–water partition coefficient (Wildman–Crippen LogP) is 3.74. The van der Waals surface area contributed by atoms with E-state index >= 15 is 0 Å². The van der Waals surface area contributed by atoms with Crippen molar-refractivity contribution in [2.45, 2.75) is 25.9 Å². The second kappa shape index (κ2) is 6.18. The Morgan fingerprint density at radius 1 is 1.50 bits per heavy atom. The predicted molar refractivity (Wildman–Crippen MR) is 75.1 cm³/mol. The summed E-state index contributed by atoms with van der Waals surface area (Å²) in [6.07, 6.45) is 2.81. The van der Waals surface area contributed by atoms with E-state index in [4.69, 9.17) is 11.6 Å². The van der Waals surface area contributed by atoms with Gasteiger partial charge in [-0.2, -0.15) is 0 Å². The van der Waals surface area contributed by atoms with Crippen molar-refractivity contribution in [1.82, 2.24) is 10.3 Å². The minimum Gasteiger partial charge on any atom is -0.506 e. The van der Waals surface area contributed by atoms with Crippen LogP contribution in [0.2, 0.25) is 5.02 Å². The molecule has 2 aromatic rings. The van der Waals surface area contributed by atoms with Crippen LogP contribution in [0.5, 0.6) is 5.75 Å². The van der Waals surface area contributed by atoms with E-state index in [1.165, 1.54) is 0 Å². The lowest BCUT2D eigenvalue weighted by Crippen LogP contribution is -2.20. The zero-order chi connectivity index (χ0) is 13.0. The van der Waals surface area contributed by atoms with Gasteiger partial charge in [0.15, 0.2) is 0 Å². The van der Waals surface area contributed by atoms with Gasteiger partial charge in [0.05, 0.1) is 11.1 Å². The first-order valence-corrected chi connectivity index (χ1v) is 7.06. The maximum Gasteiger partial charge on any atom is 0.134 e. The number of halogens is 1. The lowest BCUT2D eigenvalue weighted by molar-refractivity contribution is 0.474. The monoisotopic (exact) mass is 282 g/mol. The number of hydrogen-bond acceptors (Lipinski definition) is 4. The molecule has 3 nitrogen and oxygen atoms in total. The quantitative estimate of drug-likeness (QED) is 0.878. The Hall–Kier alpha value is -1.10. The summed E-state index contributed by atoms with van der Waals surface area (Å²) in [6.45, 7) is 2.83. The fraction of sp³-hybridized carbons (Fsp3) is 0.308. The number of thiazole rings is 1. The Balaban J connectivity index is 1.99. The van der Waals surface area contributed by atoms with E-state index in [-0.39, 0.29) is 11.8 Å². The molecular formula is C13H15ClN2OS. The largest absolute Gasteiger partial charge is 0.506 e. The van der Waals surface area contributed by atoms with Crippen LogP contribution in [0.25, 0.3) is 0 Å². The number of benzene rings is 1. The van der Waals surface area contributed by atoms with Crippen molar-refractivity contribution in [2.75, 3.05) is 0 Å². The van der Waals surface area contributed by atoms with Crippen LogP contribution in [0.15, 0.2) is 29.8 Å². The second-order valence-electron chi connectivity index (χ2n) is 4.00. The van der Waals surface area contributed by atoms with Crippen LogP contribution in [0.3, 0.4) is 0 Å². The molecule has 5 heteroatoms. The molecule has 2 rings (SSSR count). The summed E-state index contributed by atoms with van der Waals surface area (Å²) in [5, 5.41) is 16.3. The van der Waals surface area contributed by atoms with Gasteiger partial charge in [-0.25, -0.2) is 4.98 Å². The van der Waals surface area contributed by atoms with E-state index in [2.05, 4.69) is 17.2 Å². The lowest BCUT2D eigenvalue weighted by Gasteiger charge is -2.14. The number of aromatic hydroxyl groups is 1. The molecule has 0 bridgehead atoms. The summed E-state index contributed by atoms with van der Waals surface area (Å²) >= 11 is 7.53. The molecule has 1 atom stereocenters. The van der Waals surface area contributed by atoms with Gasteiger partial charge in [0.1, 0.15) is 10.8 Å². The van der Waals surface area contributed by atoms with Gasteiger partial charge in [-0.1, -0.05) is 24.6 Å². The maximum absolute atomic E-state index is 9.36. The van der Waals surface area contributed by atoms with Gasteiger partial charge in [0, 0.05) is 18.1 Å². The summed E-state index contributed by atoms with van der Waals surface area (Å²) < 4.78 is 0. The highest BCUT2D eigenvalue weighted by Crippen LogP contribution is 2.24. The zero-order valence-electron chi connectivity index (χ0n) is 10.1. The fourth-order valence-electron chi connectivity index (χ4n) is 1.71. The number of phenols is 1. The number of hydrogen-bond donors (Lipinski definition) is 2. The first kappa shape index (κ1) is 13.3. The summed E-state index contributed by atoms with van der Waals surface area (Å²) in [4.78, 5) is 4.32. The zero-order valence-corrected chi connectivity index (χ0v) is 11.6. The van der Waals surface area contributed by atoms with E-state index < -0.39 is 0 Å². The van der Waals surface area contributed by atoms with Crippen LogP contribution in [-0.2, 0) is 6.54 Å². The third-order valence-corrected chi connectivity index (χ3v) is 3.91. The van der Waals surface area contributed by atoms with Gasteiger partial charge >= 0.3 is 0 Å². The van der Waals surface area contributed by atoms with Gasteiger partial charge in [-0.05, 0) is 24.1 Å². The molecule has 1 aromatic carbocycles. The summed E-state index contributed by atoms with van der Waals surface area (Å²) in [5.41, 5.74) is 1.05. The van der Waals surface area contributed by atoms with Crippen molar-refractivity contribution in [3.63, 3.8) is 0 Å². The summed E-state index contributed by atoms with van der Waals surface area (Å²) in [6, 6.07) is 5.52. The Labute approximate surface area is 115 Å². The van der Waals surface area contributed by atoms with Crippen molar-refractivity contribution >= 4 is 22.9 Å². The Morgan fingerprint density at radius 3 is 2.94 bits per heavy atom. The van der Waals surface area contributed by atoms with Crippen molar-refractivity contribution < 1.29 is 5.11 Å². The van der Waals surface area contributed by atoms with Gasteiger partial charge < -0.3 is 10.4 Å². The molecule has 0 amide bonds. The average Bonchev–Trinajstić information content (AvgIpc) is 2.88. The lowest BCUT2D eigenvalue weighted by atomic mass is 10.2. The fourth-order valence-corrected chi connectivity index (χ4v) is 2.71. The summed E-state index contributed by atoms with van der Waals surface area (Å²) in [5.74, 6) is 0.118. The van der Waals surface area contributed by atoms with Crippen LogP contribution >= 0.6 is 22.9 Å². The van der Waals surface area contributed by atoms with Crippen LogP contribution in [0.4, 0.5) is 0 Å². The third-order valence-electron chi connectivity index (χ3n) is 2.72. The molecule has 1 aromatic heterocycles. The van der Waals surface area contributed by atoms with Gasteiger partial charge in [0.2, 0.25) is 0 Å². The molecule has 0 fully saturated rings. The van der Waals surface area contributed by atoms with Crippen molar-refractivity contribution in [3.05, 3.63) is 45.4 Å². The molecule has 0 saturated heterocycles. The van der Waals surface area contributed by atoms with Crippen molar-refractivity contribution in [3.8, 4) is 5.75 Å². The average molecular weight is 283 g/mol. The highest BCUT2D eigenvalue weighted by atomic mass is 35.5. The van der Waals surface area contributed by atoms with Crippen LogP contribution in [0, 0.1) is 0 Å². The molecule has 0 radical (unpaired) electrons. The SMILES string of the molecule is CCC(NCc1ccc(O)c(Cl)c1)c1nccs1. The van der Waals surface area contributed by atoms with Crippen molar-refractivity contribution in [1.29, 1.82) is 0 Å². The standard InChI is InChI=1S/C13H15ClN2OS/c1-2-11(13-15-5-6-18-13)16-8-9-3-4-12(17)10(14)7-9/h3-7,11,16-17H,2,8H2,1H3. The highest BCUT2D eigenvalue weighted by Gasteiger charge is 2.11. The number of rotatable bonds is 5. The molecular weight excluding hydrogens is 268 g/mol. The molecule has 0 aliphatic heterocycles. The molecule has 0 saturated carbocycles. The van der Waals surface area contributed by atoms with E-state index in [0.717, 1.165) is 17.0 Å². The number of phenolic OH excluding ortho intramolecular Hbond substituents is 1. The van der Waals surface area contributed by atoms with Crippen LogP contribution in [-0.4, -0.2) is 10.1 Å². The normalized spacial score (nSPS) is 12.6. The molecule has 1 heterocycles. The molecule has 0 spiro atoms. The highest BCUT2D eigenvalue weighted by molar-refractivity contribution is 7.09.